The van der Waals surface area contributed by atoms with Gasteiger partial charge in [0.05, 0.1) is 19.8 Å². The number of rotatable bonds is 6. The van der Waals surface area contributed by atoms with E-state index in [1.54, 1.807) is 0 Å². The third kappa shape index (κ3) is 3.56. The number of benzene rings is 1. The highest BCUT2D eigenvalue weighted by molar-refractivity contribution is 5.93. The Bertz CT molecular complexity index is 629. The van der Waals surface area contributed by atoms with Crippen molar-refractivity contribution in [2.24, 2.45) is 5.73 Å². The van der Waals surface area contributed by atoms with Crippen LogP contribution >= 0.6 is 0 Å². The minimum Gasteiger partial charge on any atom is -0.505 e. The normalized spacial score (nSPS) is 10.5. The maximum Gasteiger partial charge on any atom is 0.271 e. The van der Waals surface area contributed by atoms with E-state index < -0.39 is 18.3 Å². The summed E-state index contributed by atoms with van der Waals surface area (Å²) in [5, 5.41) is 19.2. The molecule has 2 aromatic rings. The Morgan fingerprint density at radius 1 is 1.24 bits per heavy atom. The number of nitrogens with zero attached hydrogens (tertiary/aromatic N) is 1. The van der Waals surface area contributed by atoms with Crippen molar-refractivity contribution in [2.45, 2.75) is 19.8 Å². The molecule has 0 fully saturated rings. The molecule has 1 aromatic heterocycles. The maximum absolute atomic E-state index is 11.1. The SMILES string of the molecule is NC(=O)c1ncc(COCc2ccccc2)c(CO)c1O. The molecule has 4 N–H and O–H groups in total. The summed E-state index contributed by atoms with van der Waals surface area (Å²) in [5.74, 6) is -1.25. The van der Waals surface area contributed by atoms with Crippen LogP contribution in [0.2, 0.25) is 0 Å². The second-order valence-corrected chi connectivity index (χ2v) is 4.46. The van der Waals surface area contributed by atoms with Gasteiger partial charge in [0.25, 0.3) is 5.91 Å². The monoisotopic (exact) mass is 288 g/mol. The number of carbonyl (C=O) groups excluding carboxylic acids is 1. The minimum absolute atomic E-state index is 0.157. The summed E-state index contributed by atoms with van der Waals surface area (Å²) in [7, 11) is 0. The maximum atomic E-state index is 11.1. The number of aromatic hydroxyl groups is 1. The summed E-state index contributed by atoms with van der Waals surface area (Å²) >= 11 is 0. The number of aliphatic hydroxyl groups is 1. The van der Waals surface area contributed by atoms with Gasteiger partial charge in [-0.05, 0) is 5.56 Å². The molecule has 1 aromatic carbocycles. The van der Waals surface area contributed by atoms with E-state index in [1.165, 1.54) is 6.20 Å². The molecular weight excluding hydrogens is 272 g/mol. The second kappa shape index (κ2) is 6.83. The molecule has 21 heavy (non-hydrogen) atoms. The molecule has 6 nitrogen and oxygen atoms in total. The smallest absolute Gasteiger partial charge is 0.271 e. The van der Waals surface area contributed by atoms with Crippen molar-refractivity contribution in [3.8, 4) is 5.75 Å². The Labute approximate surface area is 121 Å². The predicted molar refractivity (Wildman–Crippen MR) is 75.3 cm³/mol. The third-order valence-corrected chi connectivity index (χ3v) is 3.01. The van der Waals surface area contributed by atoms with Crippen molar-refractivity contribution in [2.75, 3.05) is 0 Å². The number of carbonyl (C=O) groups is 1. The van der Waals surface area contributed by atoms with Crippen molar-refractivity contribution in [3.63, 3.8) is 0 Å². The molecule has 0 unspecified atom stereocenters. The fourth-order valence-electron chi connectivity index (χ4n) is 1.91. The Balaban J connectivity index is 2.10. The van der Waals surface area contributed by atoms with Crippen LogP contribution in [0.1, 0.15) is 27.2 Å². The van der Waals surface area contributed by atoms with E-state index in [0.29, 0.717) is 12.2 Å². The van der Waals surface area contributed by atoms with Crippen LogP contribution in [0, 0.1) is 0 Å². The molecule has 1 amide bonds. The summed E-state index contributed by atoms with van der Waals surface area (Å²) in [6.45, 7) is 0.118. The van der Waals surface area contributed by atoms with Gasteiger partial charge in [0.1, 0.15) is 0 Å². The fraction of sp³-hybridized carbons (Fsp3) is 0.200. The molecule has 0 aliphatic rings. The molecule has 6 heteroatoms. The topological polar surface area (TPSA) is 106 Å². The van der Waals surface area contributed by atoms with Gasteiger partial charge in [0, 0.05) is 17.3 Å². The van der Waals surface area contributed by atoms with Crippen LogP contribution in [-0.4, -0.2) is 21.1 Å². The average molecular weight is 288 g/mol. The lowest BCUT2D eigenvalue weighted by molar-refractivity contribution is 0.0987. The molecule has 0 saturated heterocycles. The van der Waals surface area contributed by atoms with Crippen LogP contribution in [0.3, 0.4) is 0 Å². The zero-order valence-electron chi connectivity index (χ0n) is 11.3. The number of hydrogen-bond acceptors (Lipinski definition) is 5. The first-order chi connectivity index (χ1) is 10.1. The number of ether oxygens (including phenoxy) is 1. The van der Waals surface area contributed by atoms with Crippen LogP contribution in [0.4, 0.5) is 0 Å². The van der Waals surface area contributed by atoms with E-state index >= 15 is 0 Å². The molecule has 0 atom stereocenters. The van der Waals surface area contributed by atoms with E-state index in [-0.39, 0.29) is 17.9 Å². The fourth-order valence-corrected chi connectivity index (χ4v) is 1.91. The summed E-state index contributed by atoms with van der Waals surface area (Å²) in [4.78, 5) is 14.9. The van der Waals surface area contributed by atoms with Gasteiger partial charge in [-0.2, -0.15) is 0 Å². The second-order valence-electron chi connectivity index (χ2n) is 4.46. The molecule has 0 aliphatic carbocycles. The van der Waals surface area contributed by atoms with Gasteiger partial charge in [0.2, 0.25) is 0 Å². The highest BCUT2D eigenvalue weighted by Gasteiger charge is 2.16. The highest BCUT2D eigenvalue weighted by Crippen LogP contribution is 2.24. The summed E-state index contributed by atoms with van der Waals surface area (Å²) < 4.78 is 5.53. The molecule has 0 bridgehead atoms. The minimum atomic E-state index is -0.848. The number of amides is 1. The van der Waals surface area contributed by atoms with Gasteiger partial charge in [-0.3, -0.25) is 4.79 Å². The van der Waals surface area contributed by atoms with Crippen molar-refractivity contribution < 1.29 is 19.7 Å². The Morgan fingerprint density at radius 2 is 1.95 bits per heavy atom. The van der Waals surface area contributed by atoms with Crippen LogP contribution in [0.5, 0.6) is 5.75 Å². The Kier molecular flexibility index (Phi) is 4.86. The van der Waals surface area contributed by atoms with Gasteiger partial charge in [-0.15, -0.1) is 0 Å². The molecule has 0 radical (unpaired) electrons. The summed E-state index contributed by atoms with van der Waals surface area (Å²) in [5.41, 5.74) is 6.55. The lowest BCUT2D eigenvalue weighted by Gasteiger charge is -2.11. The first-order valence-electron chi connectivity index (χ1n) is 6.35. The zero-order chi connectivity index (χ0) is 15.2. The molecule has 110 valence electrons. The van der Waals surface area contributed by atoms with E-state index in [2.05, 4.69) is 4.98 Å². The quantitative estimate of drug-likeness (QED) is 0.738. The molecule has 0 saturated carbocycles. The zero-order valence-corrected chi connectivity index (χ0v) is 11.3. The summed E-state index contributed by atoms with van der Waals surface area (Å²) in [6, 6.07) is 9.59. The standard InChI is InChI=1S/C15H16N2O4/c16-15(20)13-14(19)12(7-18)11(6-17-13)9-21-8-10-4-2-1-3-5-10/h1-6,18-19H,7-9H2,(H2,16,20). The van der Waals surface area contributed by atoms with Gasteiger partial charge >= 0.3 is 0 Å². The number of pyridine rings is 1. The summed E-state index contributed by atoms with van der Waals surface area (Å²) in [6.07, 6.45) is 1.37. The van der Waals surface area contributed by atoms with Crippen LogP contribution in [0.25, 0.3) is 0 Å². The van der Waals surface area contributed by atoms with Crippen molar-refractivity contribution in [3.05, 3.63) is 58.9 Å². The number of hydrogen-bond donors (Lipinski definition) is 3. The van der Waals surface area contributed by atoms with Crippen LogP contribution < -0.4 is 5.73 Å². The van der Waals surface area contributed by atoms with Crippen LogP contribution in [0.15, 0.2) is 36.5 Å². The van der Waals surface area contributed by atoms with Crippen LogP contribution in [-0.2, 0) is 24.6 Å². The largest absolute Gasteiger partial charge is 0.505 e. The molecule has 0 aliphatic heterocycles. The average Bonchev–Trinajstić information content (AvgIpc) is 2.48. The molecule has 0 spiro atoms. The lowest BCUT2D eigenvalue weighted by Crippen LogP contribution is -2.15. The Morgan fingerprint density at radius 3 is 2.57 bits per heavy atom. The van der Waals surface area contributed by atoms with Gasteiger partial charge in [-0.1, -0.05) is 30.3 Å². The number of primary amides is 1. The number of nitrogens with two attached hydrogens (primary N) is 1. The first-order valence-corrected chi connectivity index (χ1v) is 6.35. The highest BCUT2D eigenvalue weighted by atomic mass is 16.5. The lowest BCUT2D eigenvalue weighted by atomic mass is 10.1. The molecule has 2 rings (SSSR count). The van der Waals surface area contributed by atoms with Gasteiger partial charge in [-0.25, -0.2) is 4.98 Å². The molecular formula is C15H16N2O4. The Hall–Kier alpha value is -2.44. The molecule has 1 heterocycles. The van der Waals surface area contributed by atoms with E-state index in [4.69, 9.17) is 10.5 Å². The van der Waals surface area contributed by atoms with E-state index in [9.17, 15) is 15.0 Å². The number of aliphatic hydroxyl groups excluding tert-OH is 1. The van der Waals surface area contributed by atoms with Crippen molar-refractivity contribution in [1.29, 1.82) is 0 Å². The third-order valence-electron chi connectivity index (χ3n) is 3.01. The van der Waals surface area contributed by atoms with Gasteiger partial charge < -0.3 is 20.7 Å². The number of aromatic nitrogens is 1. The van der Waals surface area contributed by atoms with E-state index in [0.717, 1.165) is 5.56 Å². The van der Waals surface area contributed by atoms with Crippen molar-refractivity contribution in [1.82, 2.24) is 4.98 Å². The van der Waals surface area contributed by atoms with Gasteiger partial charge in [0.15, 0.2) is 11.4 Å². The van der Waals surface area contributed by atoms with Crippen molar-refractivity contribution >= 4 is 5.91 Å². The first kappa shape index (κ1) is 15.0. The van der Waals surface area contributed by atoms with E-state index in [1.807, 2.05) is 30.3 Å². The predicted octanol–water partition coefficient (Wildman–Crippen LogP) is 1.10.